The van der Waals surface area contributed by atoms with Gasteiger partial charge in [-0.2, -0.15) is 0 Å². The highest BCUT2D eigenvalue weighted by molar-refractivity contribution is 6.31. The SMILES string of the molecule is COc1ccccc1N1CCN(CCCCN2C(=O)COc3ccc(Cl)cc32)CC1. The van der Waals surface area contributed by atoms with Crippen LogP contribution in [0.25, 0.3) is 0 Å². The lowest BCUT2D eigenvalue weighted by atomic mass is 10.2. The van der Waals surface area contributed by atoms with Gasteiger partial charge in [0.1, 0.15) is 11.5 Å². The molecule has 0 N–H and O–H groups in total. The number of benzene rings is 2. The molecule has 2 aromatic rings. The van der Waals surface area contributed by atoms with E-state index in [2.05, 4.69) is 21.9 Å². The number of para-hydroxylation sites is 2. The summed E-state index contributed by atoms with van der Waals surface area (Å²) in [6.45, 7) is 5.89. The van der Waals surface area contributed by atoms with Crippen molar-refractivity contribution in [2.45, 2.75) is 12.8 Å². The fourth-order valence-electron chi connectivity index (χ4n) is 4.13. The molecule has 2 aliphatic heterocycles. The van der Waals surface area contributed by atoms with Gasteiger partial charge in [-0.25, -0.2) is 0 Å². The fraction of sp³-hybridized carbons (Fsp3) is 0.435. The van der Waals surface area contributed by atoms with Gasteiger partial charge in [-0.1, -0.05) is 23.7 Å². The molecule has 1 amide bonds. The molecule has 0 aliphatic carbocycles. The number of amides is 1. The van der Waals surface area contributed by atoms with E-state index in [-0.39, 0.29) is 12.5 Å². The number of unbranched alkanes of at least 4 members (excludes halogenated alkanes) is 1. The van der Waals surface area contributed by atoms with Crippen LogP contribution in [0.4, 0.5) is 11.4 Å². The lowest BCUT2D eigenvalue weighted by molar-refractivity contribution is -0.121. The number of carbonyl (C=O) groups excluding carboxylic acids is 1. The first-order valence-electron chi connectivity index (χ1n) is 10.5. The Balaban J connectivity index is 1.24. The highest BCUT2D eigenvalue weighted by atomic mass is 35.5. The predicted octanol–water partition coefficient (Wildman–Crippen LogP) is 3.68. The second-order valence-electron chi connectivity index (χ2n) is 7.65. The van der Waals surface area contributed by atoms with Gasteiger partial charge < -0.3 is 19.3 Å². The maximum absolute atomic E-state index is 12.3. The second kappa shape index (κ2) is 9.58. The number of methoxy groups -OCH3 is 1. The van der Waals surface area contributed by atoms with Gasteiger partial charge in [0.15, 0.2) is 6.61 Å². The minimum absolute atomic E-state index is 0.00445. The Hall–Kier alpha value is -2.44. The lowest BCUT2D eigenvalue weighted by Crippen LogP contribution is -2.46. The molecule has 0 spiro atoms. The molecular weight excluding hydrogens is 402 g/mol. The normalized spacial score (nSPS) is 16.9. The molecule has 30 heavy (non-hydrogen) atoms. The lowest BCUT2D eigenvalue weighted by Gasteiger charge is -2.36. The number of piperazine rings is 1. The van der Waals surface area contributed by atoms with E-state index in [0.717, 1.165) is 62.8 Å². The highest BCUT2D eigenvalue weighted by Crippen LogP contribution is 2.34. The molecule has 160 valence electrons. The zero-order valence-electron chi connectivity index (χ0n) is 17.3. The van der Waals surface area contributed by atoms with Crippen molar-refractivity contribution in [3.63, 3.8) is 0 Å². The van der Waals surface area contributed by atoms with Gasteiger partial charge in [0.25, 0.3) is 5.91 Å². The minimum Gasteiger partial charge on any atom is -0.495 e. The van der Waals surface area contributed by atoms with Crippen LogP contribution in [-0.2, 0) is 4.79 Å². The topological polar surface area (TPSA) is 45.2 Å². The van der Waals surface area contributed by atoms with Crippen molar-refractivity contribution < 1.29 is 14.3 Å². The predicted molar refractivity (Wildman–Crippen MR) is 120 cm³/mol. The molecule has 0 atom stereocenters. The first kappa shape index (κ1) is 20.8. The van der Waals surface area contributed by atoms with E-state index in [0.29, 0.717) is 11.6 Å². The largest absolute Gasteiger partial charge is 0.495 e. The van der Waals surface area contributed by atoms with E-state index in [1.165, 1.54) is 5.69 Å². The van der Waals surface area contributed by atoms with Crippen LogP contribution < -0.4 is 19.3 Å². The van der Waals surface area contributed by atoms with Crippen LogP contribution in [-0.4, -0.2) is 63.8 Å². The standard InChI is InChI=1S/C23H28ClN3O3/c1-29-21-7-3-2-6-19(21)26-14-12-25(13-15-26)10-4-5-11-27-20-16-18(24)8-9-22(20)30-17-23(27)28/h2-3,6-9,16H,4-5,10-15,17H2,1H3. The minimum atomic E-state index is -0.00445. The van der Waals surface area contributed by atoms with Crippen molar-refractivity contribution >= 4 is 28.9 Å². The zero-order chi connectivity index (χ0) is 20.9. The van der Waals surface area contributed by atoms with Crippen LogP contribution >= 0.6 is 11.6 Å². The highest BCUT2D eigenvalue weighted by Gasteiger charge is 2.25. The molecule has 0 radical (unpaired) electrons. The van der Waals surface area contributed by atoms with E-state index in [4.69, 9.17) is 21.1 Å². The number of rotatable bonds is 7. The summed E-state index contributed by atoms with van der Waals surface area (Å²) in [7, 11) is 1.72. The summed E-state index contributed by atoms with van der Waals surface area (Å²) >= 11 is 6.12. The van der Waals surface area contributed by atoms with Gasteiger partial charge in [-0.15, -0.1) is 0 Å². The summed E-state index contributed by atoms with van der Waals surface area (Å²) in [5.74, 6) is 1.66. The molecule has 0 aromatic heterocycles. The van der Waals surface area contributed by atoms with E-state index in [1.807, 2.05) is 29.2 Å². The average molecular weight is 430 g/mol. The number of anilines is 2. The van der Waals surface area contributed by atoms with E-state index >= 15 is 0 Å². The van der Waals surface area contributed by atoms with Crippen molar-refractivity contribution in [3.05, 3.63) is 47.5 Å². The molecule has 0 bridgehead atoms. The number of hydrogen-bond acceptors (Lipinski definition) is 5. The van der Waals surface area contributed by atoms with Gasteiger partial charge >= 0.3 is 0 Å². The average Bonchev–Trinajstić information content (AvgIpc) is 2.78. The smallest absolute Gasteiger partial charge is 0.265 e. The van der Waals surface area contributed by atoms with E-state index < -0.39 is 0 Å². The number of carbonyl (C=O) groups is 1. The maximum Gasteiger partial charge on any atom is 0.265 e. The summed E-state index contributed by atoms with van der Waals surface area (Å²) in [6, 6.07) is 13.6. The van der Waals surface area contributed by atoms with Gasteiger partial charge in [0.2, 0.25) is 0 Å². The molecular formula is C23H28ClN3O3. The Bertz CT molecular complexity index is 884. The first-order valence-corrected chi connectivity index (χ1v) is 10.9. The second-order valence-corrected chi connectivity index (χ2v) is 8.09. The molecule has 4 rings (SSSR count). The monoisotopic (exact) mass is 429 g/mol. The van der Waals surface area contributed by atoms with Gasteiger partial charge in [0, 0.05) is 37.7 Å². The molecule has 1 fully saturated rings. The Labute approximate surface area is 182 Å². The van der Waals surface area contributed by atoms with Gasteiger partial charge in [-0.05, 0) is 49.7 Å². The van der Waals surface area contributed by atoms with Crippen LogP contribution in [0.3, 0.4) is 0 Å². The number of ether oxygens (including phenoxy) is 2. The molecule has 0 unspecified atom stereocenters. The summed E-state index contributed by atoms with van der Waals surface area (Å²) in [5, 5.41) is 0.616. The van der Waals surface area contributed by atoms with Crippen LogP contribution in [0, 0.1) is 0 Å². The van der Waals surface area contributed by atoms with Crippen LogP contribution in [0.15, 0.2) is 42.5 Å². The van der Waals surface area contributed by atoms with Crippen LogP contribution in [0.2, 0.25) is 5.02 Å². The third-order valence-corrected chi connectivity index (χ3v) is 6.00. The number of nitrogens with zero attached hydrogens (tertiary/aromatic N) is 3. The Morgan fingerprint density at radius 3 is 2.57 bits per heavy atom. The summed E-state index contributed by atoms with van der Waals surface area (Å²) in [6.07, 6.45) is 2.00. The molecule has 1 saturated heterocycles. The third-order valence-electron chi connectivity index (χ3n) is 5.77. The molecule has 2 heterocycles. The summed E-state index contributed by atoms with van der Waals surface area (Å²) < 4.78 is 11.0. The molecule has 2 aromatic carbocycles. The van der Waals surface area contributed by atoms with Crippen LogP contribution in [0.1, 0.15) is 12.8 Å². The summed E-state index contributed by atoms with van der Waals surface area (Å²) in [5.41, 5.74) is 1.95. The Morgan fingerprint density at radius 2 is 1.77 bits per heavy atom. The first-order chi connectivity index (χ1) is 14.7. The van der Waals surface area contributed by atoms with Crippen molar-refractivity contribution in [3.8, 4) is 11.5 Å². The molecule has 7 heteroatoms. The van der Waals surface area contributed by atoms with Crippen molar-refractivity contribution in [1.82, 2.24) is 4.90 Å². The van der Waals surface area contributed by atoms with Gasteiger partial charge in [0.05, 0.1) is 18.5 Å². The maximum atomic E-state index is 12.3. The summed E-state index contributed by atoms with van der Waals surface area (Å²) in [4.78, 5) is 19.0. The van der Waals surface area contributed by atoms with Crippen molar-refractivity contribution in [2.75, 3.05) is 62.8 Å². The molecule has 6 nitrogen and oxygen atoms in total. The number of hydrogen-bond donors (Lipinski definition) is 0. The van der Waals surface area contributed by atoms with E-state index in [9.17, 15) is 4.79 Å². The number of halogens is 1. The molecule has 0 saturated carbocycles. The fourth-order valence-corrected chi connectivity index (χ4v) is 4.30. The Morgan fingerprint density at radius 1 is 1.00 bits per heavy atom. The number of fused-ring (bicyclic) bond motifs is 1. The van der Waals surface area contributed by atoms with E-state index in [1.54, 1.807) is 13.2 Å². The third kappa shape index (κ3) is 4.65. The van der Waals surface area contributed by atoms with Crippen molar-refractivity contribution in [1.29, 1.82) is 0 Å². The van der Waals surface area contributed by atoms with Gasteiger partial charge in [-0.3, -0.25) is 9.69 Å². The Kier molecular flexibility index (Phi) is 6.65. The van der Waals surface area contributed by atoms with Crippen LogP contribution in [0.5, 0.6) is 11.5 Å². The quantitative estimate of drug-likeness (QED) is 0.628. The zero-order valence-corrected chi connectivity index (χ0v) is 18.1. The van der Waals surface area contributed by atoms with Crippen molar-refractivity contribution in [2.24, 2.45) is 0 Å². The molecule has 2 aliphatic rings.